The third kappa shape index (κ3) is 3.41. The Bertz CT molecular complexity index is 541. The molecule has 1 heterocycles. The summed E-state index contributed by atoms with van der Waals surface area (Å²) in [6.45, 7) is 0. The van der Waals surface area contributed by atoms with Crippen LogP contribution in [0.5, 0.6) is 0 Å². The summed E-state index contributed by atoms with van der Waals surface area (Å²) in [6.07, 6.45) is 0.261. The number of aromatic nitrogens is 2. The second kappa shape index (κ2) is 6.13. The zero-order valence-electron chi connectivity index (χ0n) is 9.19. The van der Waals surface area contributed by atoms with Crippen LogP contribution in [0.2, 0.25) is 5.02 Å². The Kier molecular flexibility index (Phi) is 4.52. The maximum Gasteiger partial charge on any atom is 0.227 e. The standard InChI is InChI=1S/C11H9Cl2N3OS/c12-6-5-9(17)14-11-16-15-10(18-11)7-1-3-8(13)4-2-7/h1-4H,5-6H2,(H,14,16,17). The minimum Gasteiger partial charge on any atom is -0.300 e. The lowest BCUT2D eigenvalue weighted by molar-refractivity contribution is -0.115. The van der Waals surface area contributed by atoms with Crippen molar-refractivity contribution < 1.29 is 4.79 Å². The van der Waals surface area contributed by atoms with Gasteiger partial charge in [0.05, 0.1) is 0 Å². The fourth-order valence-corrected chi connectivity index (χ4v) is 2.31. The Hall–Kier alpha value is -1.17. The predicted molar refractivity (Wildman–Crippen MR) is 74.3 cm³/mol. The summed E-state index contributed by atoms with van der Waals surface area (Å²) in [4.78, 5) is 11.3. The van der Waals surface area contributed by atoms with Crippen LogP contribution in [0.3, 0.4) is 0 Å². The van der Waals surface area contributed by atoms with Crippen LogP contribution < -0.4 is 5.32 Å². The normalized spacial score (nSPS) is 10.3. The molecule has 1 amide bonds. The third-order valence-corrected chi connectivity index (χ3v) is 3.41. The second-order valence-corrected chi connectivity index (χ2v) is 5.20. The number of carbonyl (C=O) groups is 1. The van der Waals surface area contributed by atoms with Gasteiger partial charge in [-0.15, -0.1) is 21.8 Å². The first-order valence-electron chi connectivity index (χ1n) is 5.14. The molecule has 0 bridgehead atoms. The molecular formula is C11H9Cl2N3OS. The maximum absolute atomic E-state index is 11.3. The monoisotopic (exact) mass is 301 g/mol. The Labute approximate surface area is 118 Å². The summed E-state index contributed by atoms with van der Waals surface area (Å²) in [5, 5.41) is 12.4. The topological polar surface area (TPSA) is 54.9 Å². The number of hydrogen-bond donors (Lipinski definition) is 1. The molecule has 1 aromatic heterocycles. The largest absolute Gasteiger partial charge is 0.300 e. The molecule has 18 heavy (non-hydrogen) atoms. The van der Waals surface area contributed by atoms with Gasteiger partial charge in [-0.2, -0.15) is 0 Å². The average Bonchev–Trinajstić information content (AvgIpc) is 2.78. The first-order valence-corrected chi connectivity index (χ1v) is 6.87. The molecule has 0 fully saturated rings. The van der Waals surface area contributed by atoms with E-state index in [1.807, 2.05) is 12.1 Å². The third-order valence-electron chi connectivity index (χ3n) is 2.08. The van der Waals surface area contributed by atoms with Gasteiger partial charge in [-0.05, 0) is 12.1 Å². The van der Waals surface area contributed by atoms with Crippen LogP contribution in [0.25, 0.3) is 10.6 Å². The molecule has 0 saturated heterocycles. The molecule has 0 atom stereocenters. The smallest absolute Gasteiger partial charge is 0.227 e. The molecular weight excluding hydrogens is 293 g/mol. The highest BCUT2D eigenvalue weighted by atomic mass is 35.5. The second-order valence-electron chi connectivity index (χ2n) is 3.41. The summed E-state index contributed by atoms with van der Waals surface area (Å²) < 4.78 is 0. The number of carbonyl (C=O) groups excluding carboxylic acids is 1. The average molecular weight is 302 g/mol. The van der Waals surface area contributed by atoms with E-state index in [1.54, 1.807) is 12.1 Å². The van der Waals surface area contributed by atoms with Gasteiger partial charge in [0.1, 0.15) is 5.01 Å². The first-order chi connectivity index (χ1) is 8.69. The fourth-order valence-electron chi connectivity index (χ4n) is 1.25. The van der Waals surface area contributed by atoms with Crippen molar-refractivity contribution >= 4 is 45.6 Å². The first kappa shape index (κ1) is 13.3. The summed E-state index contributed by atoms with van der Waals surface area (Å²) >= 11 is 12.6. The van der Waals surface area contributed by atoms with Crippen molar-refractivity contribution in [2.45, 2.75) is 6.42 Å². The minimum absolute atomic E-state index is 0.163. The minimum atomic E-state index is -0.163. The van der Waals surface area contributed by atoms with Crippen LogP contribution in [-0.2, 0) is 4.79 Å². The lowest BCUT2D eigenvalue weighted by Gasteiger charge is -1.96. The number of alkyl halides is 1. The molecule has 1 aromatic carbocycles. The van der Waals surface area contributed by atoms with E-state index >= 15 is 0 Å². The molecule has 2 rings (SSSR count). The van der Waals surface area contributed by atoms with E-state index in [9.17, 15) is 4.79 Å². The van der Waals surface area contributed by atoms with Crippen molar-refractivity contribution in [3.8, 4) is 10.6 Å². The highest BCUT2D eigenvalue weighted by Gasteiger charge is 2.09. The van der Waals surface area contributed by atoms with Crippen molar-refractivity contribution in [1.29, 1.82) is 0 Å². The van der Waals surface area contributed by atoms with Crippen molar-refractivity contribution in [2.24, 2.45) is 0 Å². The number of rotatable bonds is 4. The van der Waals surface area contributed by atoms with E-state index in [1.165, 1.54) is 11.3 Å². The fraction of sp³-hybridized carbons (Fsp3) is 0.182. The van der Waals surface area contributed by atoms with Gasteiger partial charge in [-0.3, -0.25) is 4.79 Å². The molecule has 1 N–H and O–H groups in total. The molecule has 7 heteroatoms. The highest BCUT2D eigenvalue weighted by molar-refractivity contribution is 7.18. The Balaban J connectivity index is 2.10. The molecule has 0 aliphatic carbocycles. The van der Waals surface area contributed by atoms with Crippen LogP contribution >= 0.6 is 34.5 Å². The summed E-state index contributed by atoms with van der Waals surface area (Å²) in [6, 6.07) is 7.27. The van der Waals surface area contributed by atoms with E-state index < -0.39 is 0 Å². The summed E-state index contributed by atoms with van der Waals surface area (Å²) in [7, 11) is 0. The molecule has 94 valence electrons. The number of halogens is 2. The van der Waals surface area contributed by atoms with Gasteiger partial charge in [-0.25, -0.2) is 0 Å². The number of nitrogens with zero attached hydrogens (tertiary/aromatic N) is 2. The van der Waals surface area contributed by atoms with E-state index in [4.69, 9.17) is 23.2 Å². The van der Waals surface area contributed by atoms with Crippen molar-refractivity contribution in [2.75, 3.05) is 11.2 Å². The number of nitrogens with one attached hydrogen (secondary N) is 1. The SMILES string of the molecule is O=C(CCCl)Nc1nnc(-c2ccc(Cl)cc2)s1. The quantitative estimate of drug-likeness (QED) is 0.880. The predicted octanol–water partition coefficient (Wildman–Crippen LogP) is 3.43. The number of anilines is 1. The van der Waals surface area contributed by atoms with Crippen LogP contribution in [-0.4, -0.2) is 22.0 Å². The van der Waals surface area contributed by atoms with Gasteiger partial charge in [0.25, 0.3) is 0 Å². The molecule has 0 radical (unpaired) electrons. The van der Waals surface area contributed by atoms with Crippen molar-refractivity contribution in [3.05, 3.63) is 29.3 Å². The van der Waals surface area contributed by atoms with E-state index in [-0.39, 0.29) is 18.2 Å². The van der Waals surface area contributed by atoms with Gasteiger partial charge in [0.2, 0.25) is 11.0 Å². The van der Waals surface area contributed by atoms with Gasteiger partial charge >= 0.3 is 0 Å². The number of hydrogen-bond acceptors (Lipinski definition) is 4. The number of benzene rings is 1. The van der Waals surface area contributed by atoms with Gasteiger partial charge in [-0.1, -0.05) is 35.1 Å². The molecule has 2 aromatic rings. The zero-order valence-corrected chi connectivity index (χ0v) is 11.5. The Morgan fingerprint density at radius 3 is 2.67 bits per heavy atom. The molecule has 0 aliphatic heterocycles. The van der Waals surface area contributed by atoms with Crippen LogP contribution in [0.1, 0.15) is 6.42 Å². The summed E-state index contributed by atoms with van der Waals surface area (Å²) in [5.74, 6) is 0.123. The molecule has 4 nitrogen and oxygen atoms in total. The molecule has 0 aliphatic rings. The van der Waals surface area contributed by atoms with E-state index in [0.717, 1.165) is 10.6 Å². The van der Waals surface area contributed by atoms with Crippen molar-refractivity contribution in [3.63, 3.8) is 0 Å². The van der Waals surface area contributed by atoms with Crippen LogP contribution in [0.15, 0.2) is 24.3 Å². The van der Waals surface area contributed by atoms with Crippen LogP contribution in [0, 0.1) is 0 Å². The van der Waals surface area contributed by atoms with Gasteiger partial charge in [0.15, 0.2) is 0 Å². The van der Waals surface area contributed by atoms with E-state index in [2.05, 4.69) is 15.5 Å². The lowest BCUT2D eigenvalue weighted by atomic mass is 10.2. The molecule has 0 saturated carbocycles. The Morgan fingerprint density at radius 1 is 1.28 bits per heavy atom. The van der Waals surface area contributed by atoms with Crippen molar-refractivity contribution in [1.82, 2.24) is 10.2 Å². The van der Waals surface area contributed by atoms with E-state index in [0.29, 0.717) is 10.2 Å². The lowest BCUT2D eigenvalue weighted by Crippen LogP contribution is -2.11. The Morgan fingerprint density at radius 2 is 2.00 bits per heavy atom. The zero-order chi connectivity index (χ0) is 13.0. The summed E-state index contributed by atoms with van der Waals surface area (Å²) in [5.41, 5.74) is 0.912. The molecule has 0 unspecified atom stereocenters. The van der Waals surface area contributed by atoms with Gasteiger partial charge < -0.3 is 5.32 Å². The van der Waals surface area contributed by atoms with Gasteiger partial charge in [0, 0.05) is 22.9 Å². The highest BCUT2D eigenvalue weighted by Crippen LogP contribution is 2.27. The number of amides is 1. The van der Waals surface area contributed by atoms with Crippen LogP contribution in [0.4, 0.5) is 5.13 Å². The molecule has 0 spiro atoms. The maximum atomic E-state index is 11.3.